The maximum atomic E-state index is 12.9. The Kier molecular flexibility index (Phi) is 8.51. The van der Waals surface area contributed by atoms with Crippen LogP contribution in [0.4, 0.5) is 0 Å². The van der Waals surface area contributed by atoms with Crippen LogP contribution in [0.3, 0.4) is 0 Å². The van der Waals surface area contributed by atoms with E-state index in [-0.39, 0.29) is 28.4 Å². The van der Waals surface area contributed by atoms with E-state index in [2.05, 4.69) is 15.9 Å². The van der Waals surface area contributed by atoms with E-state index in [9.17, 15) is 9.59 Å². The first kappa shape index (κ1) is 26.0. The van der Waals surface area contributed by atoms with Gasteiger partial charge in [-0.05, 0) is 35.7 Å². The number of hydrogen-bond donors (Lipinski definition) is 0. The van der Waals surface area contributed by atoms with Gasteiger partial charge in [0.2, 0.25) is 0 Å². The first-order chi connectivity index (χ1) is 17.1. The Hall–Kier alpha value is -3.07. The second-order valence-corrected chi connectivity index (χ2v) is 9.29. The van der Waals surface area contributed by atoms with Gasteiger partial charge in [-0.3, -0.25) is 0 Å². The predicted octanol–water partition coefficient (Wildman–Crippen LogP) is 1.87. The van der Waals surface area contributed by atoms with Crippen LogP contribution in [0.2, 0.25) is 0 Å². The molecule has 1 aromatic heterocycles. The molecule has 0 amide bonds. The molecule has 0 spiro atoms. The van der Waals surface area contributed by atoms with Crippen molar-refractivity contribution in [3.05, 3.63) is 115 Å². The van der Waals surface area contributed by atoms with E-state index in [4.69, 9.17) is 14.2 Å². The predicted molar refractivity (Wildman–Crippen MR) is 133 cm³/mol. The normalized spacial score (nSPS) is 20.9. The van der Waals surface area contributed by atoms with Gasteiger partial charge in [0.15, 0.2) is 18.5 Å². The molecule has 1 fully saturated rings. The molecule has 5 rings (SSSR count). The van der Waals surface area contributed by atoms with Crippen molar-refractivity contribution < 1.29 is 45.3 Å². The topological polar surface area (TPSA) is 65.7 Å². The number of halogens is 2. The van der Waals surface area contributed by atoms with Gasteiger partial charge in [0.05, 0.1) is 11.1 Å². The van der Waals surface area contributed by atoms with Crippen molar-refractivity contribution in [2.45, 2.75) is 23.3 Å². The van der Waals surface area contributed by atoms with Gasteiger partial charge in [0, 0.05) is 11.5 Å². The van der Waals surface area contributed by atoms with E-state index in [0.717, 1.165) is 10.8 Å². The number of esters is 2. The lowest BCUT2D eigenvalue weighted by atomic mass is 10.1. The van der Waals surface area contributed by atoms with Gasteiger partial charge in [-0.1, -0.05) is 70.5 Å². The van der Waals surface area contributed by atoms with Crippen LogP contribution in [-0.2, 0) is 14.2 Å². The zero-order valence-corrected chi connectivity index (χ0v) is 22.2. The molecule has 0 bridgehead atoms. The van der Waals surface area contributed by atoms with Crippen LogP contribution in [0.1, 0.15) is 26.9 Å². The fourth-order valence-corrected chi connectivity index (χ4v) is 4.94. The summed E-state index contributed by atoms with van der Waals surface area (Å²) in [5.74, 6) is -0.928. The molecule has 0 unspecified atom stereocenters. The lowest BCUT2D eigenvalue weighted by Crippen LogP contribution is -3.00. The van der Waals surface area contributed by atoms with Crippen molar-refractivity contribution in [2.75, 3.05) is 6.61 Å². The minimum atomic E-state index is -0.685. The third-order valence-corrected chi connectivity index (χ3v) is 6.89. The third-order valence-electron chi connectivity index (χ3n) is 5.91. The summed E-state index contributed by atoms with van der Waals surface area (Å²) in [6, 6.07) is 27.6. The van der Waals surface area contributed by atoms with Crippen LogP contribution in [0.5, 0.6) is 0 Å². The van der Waals surface area contributed by atoms with Crippen LogP contribution in [0.15, 0.2) is 103 Å². The number of ether oxygens (including phenoxy) is 3. The third kappa shape index (κ3) is 5.67. The number of carbonyl (C=O) groups is 2. The van der Waals surface area contributed by atoms with E-state index in [1.54, 1.807) is 48.5 Å². The van der Waals surface area contributed by atoms with Crippen molar-refractivity contribution in [3.63, 3.8) is 0 Å². The summed E-state index contributed by atoms with van der Waals surface area (Å²) in [5.41, 5.74) is 0.883. The number of rotatable bonds is 6. The molecule has 0 N–H and O–H groups in total. The Morgan fingerprint density at radius 3 is 2.06 bits per heavy atom. The van der Waals surface area contributed by atoms with E-state index in [1.807, 2.05) is 59.4 Å². The van der Waals surface area contributed by atoms with Gasteiger partial charge < -0.3 is 31.2 Å². The minimum absolute atomic E-state index is 0. The highest BCUT2D eigenvalue weighted by molar-refractivity contribution is 9.09. The molecule has 6 nitrogen and oxygen atoms in total. The molecule has 1 aliphatic heterocycles. The minimum Gasteiger partial charge on any atom is -1.00 e. The summed E-state index contributed by atoms with van der Waals surface area (Å²) in [4.78, 5) is 25.0. The fraction of sp³-hybridized carbons (Fsp3) is 0.179. The SMILES string of the molecule is O=C(OC[C@H]1O[C@H]([n+]2ccc3ccccc3c2)[C@@H](Br)[C@@H]1OC(=O)c1ccccc1)c1ccccc1.[Br-]. The highest BCUT2D eigenvalue weighted by atomic mass is 79.9. The fourth-order valence-electron chi connectivity index (χ4n) is 4.10. The monoisotopic (exact) mass is 611 g/mol. The molecule has 1 aliphatic rings. The summed E-state index contributed by atoms with van der Waals surface area (Å²) in [6.45, 7) is -0.0623. The molecule has 3 aromatic carbocycles. The van der Waals surface area contributed by atoms with Gasteiger partial charge in [-0.15, -0.1) is 0 Å². The maximum Gasteiger partial charge on any atom is 0.338 e. The molecule has 184 valence electrons. The maximum absolute atomic E-state index is 12.9. The molecular formula is C28H23Br2NO5. The average molecular weight is 613 g/mol. The van der Waals surface area contributed by atoms with Crippen LogP contribution in [0.25, 0.3) is 10.8 Å². The number of nitrogens with zero attached hydrogens (tertiary/aromatic N) is 1. The summed E-state index contributed by atoms with van der Waals surface area (Å²) in [6.07, 6.45) is 2.09. The van der Waals surface area contributed by atoms with Crippen LogP contribution >= 0.6 is 15.9 Å². The smallest absolute Gasteiger partial charge is 0.338 e. The number of fused-ring (bicyclic) bond motifs is 1. The van der Waals surface area contributed by atoms with Crippen LogP contribution in [-0.4, -0.2) is 35.6 Å². The second-order valence-electron chi connectivity index (χ2n) is 8.23. The molecule has 1 saturated heterocycles. The first-order valence-electron chi connectivity index (χ1n) is 11.3. The Balaban J connectivity index is 0.00000304. The van der Waals surface area contributed by atoms with Crippen molar-refractivity contribution in [2.24, 2.45) is 0 Å². The lowest BCUT2D eigenvalue weighted by molar-refractivity contribution is -0.756. The molecule has 4 aromatic rings. The lowest BCUT2D eigenvalue weighted by Gasteiger charge is -2.19. The highest BCUT2D eigenvalue weighted by Crippen LogP contribution is 2.34. The van der Waals surface area contributed by atoms with Gasteiger partial charge in [0.1, 0.15) is 17.5 Å². The number of hydrogen-bond acceptors (Lipinski definition) is 5. The van der Waals surface area contributed by atoms with Crippen molar-refractivity contribution in [1.82, 2.24) is 0 Å². The average Bonchev–Trinajstić information content (AvgIpc) is 3.22. The largest absolute Gasteiger partial charge is 1.00 e. The zero-order chi connectivity index (χ0) is 24.2. The molecular weight excluding hydrogens is 590 g/mol. The number of pyridine rings is 1. The molecule has 8 heteroatoms. The molecule has 0 radical (unpaired) electrons. The summed E-state index contributed by atoms with van der Waals surface area (Å²) in [5, 5.41) is 2.16. The molecule has 2 heterocycles. The Bertz CT molecular complexity index is 1340. The molecule has 36 heavy (non-hydrogen) atoms. The second kappa shape index (κ2) is 11.8. The zero-order valence-electron chi connectivity index (χ0n) is 19.1. The quantitative estimate of drug-likeness (QED) is 0.189. The van der Waals surface area contributed by atoms with Crippen LogP contribution in [0, 0.1) is 0 Å². The number of carbonyl (C=O) groups excluding carboxylic acids is 2. The van der Waals surface area contributed by atoms with Gasteiger partial charge >= 0.3 is 11.9 Å². The van der Waals surface area contributed by atoms with E-state index in [0.29, 0.717) is 11.1 Å². The number of benzene rings is 3. The van der Waals surface area contributed by atoms with Crippen molar-refractivity contribution in [1.29, 1.82) is 0 Å². The van der Waals surface area contributed by atoms with E-state index in [1.165, 1.54) is 0 Å². The van der Waals surface area contributed by atoms with E-state index >= 15 is 0 Å². The van der Waals surface area contributed by atoms with Crippen LogP contribution < -0.4 is 21.5 Å². The van der Waals surface area contributed by atoms with E-state index < -0.39 is 30.4 Å². The molecule has 0 saturated carbocycles. The molecule has 0 aliphatic carbocycles. The number of alkyl halides is 1. The Labute approximate surface area is 227 Å². The summed E-state index contributed by atoms with van der Waals surface area (Å²) < 4.78 is 19.7. The Morgan fingerprint density at radius 1 is 0.806 bits per heavy atom. The first-order valence-corrected chi connectivity index (χ1v) is 12.2. The summed E-state index contributed by atoms with van der Waals surface area (Å²) >= 11 is 3.70. The standard InChI is InChI=1S/C28H23BrNO5.BrH/c29-24-25(35-28(32)21-12-5-2-6-13-21)23(18-33-27(31)20-10-3-1-4-11-20)34-26(24)30-16-15-19-9-7-8-14-22(19)17-30;/h1-17,23-26H,18H2;1H/q+1;/p-1/t23-,24+,25-,26+;/m1./s1. The van der Waals surface area contributed by atoms with Gasteiger partial charge in [0.25, 0.3) is 6.23 Å². The van der Waals surface area contributed by atoms with Gasteiger partial charge in [-0.2, -0.15) is 4.57 Å². The molecule has 4 atom stereocenters. The number of aromatic nitrogens is 1. The summed E-state index contributed by atoms with van der Waals surface area (Å²) in [7, 11) is 0. The van der Waals surface area contributed by atoms with Crippen molar-refractivity contribution >= 4 is 38.6 Å². The van der Waals surface area contributed by atoms with Crippen molar-refractivity contribution in [3.8, 4) is 0 Å². The highest BCUT2D eigenvalue weighted by Gasteiger charge is 2.51. The Morgan fingerprint density at radius 2 is 1.39 bits per heavy atom. The van der Waals surface area contributed by atoms with Gasteiger partial charge in [-0.25, -0.2) is 9.59 Å².